The van der Waals surface area contributed by atoms with Crippen molar-refractivity contribution in [2.75, 3.05) is 36.4 Å². The van der Waals surface area contributed by atoms with E-state index in [1.54, 1.807) is 12.1 Å². The lowest BCUT2D eigenvalue weighted by Crippen LogP contribution is -2.40. The zero-order chi connectivity index (χ0) is 28.1. The summed E-state index contributed by atoms with van der Waals surface area (Å²) in [6.45, 7) is 4.82. The first-order valence-corrected chi connectivity index (χ1v) is 15.0. The Morgan fingerprint density at radius 1 is 0.800 bits per heavy atom. The second kappa shape index (κ2) is 12.9. The third-order valence-electron chi connectivity index (χ3n) is 8.75. The van der Waals surface area contributed by atoms with Crippen molar-refractivity contribution < 1.29 is 14.4 Å². The highest BCUT2D eigenvalue weighted by Gasteiger charge is 2.29. The van der Waals surface area contributed by atoms with E-state index in [1.807, 2.05) is 42.2 Å². The van der Waals surface area contributed by atoms with Gasteiger partial charge in [-0.1, -0.05) is 30.5 Å². The summed E-state index contributed by atoms with van der Waals surface area (Å²) in [5.41, 5.74) is 9.62. The number of benzene rings is 2. The molecule has 1 aliphatic heterocycles. The summed E-state index contributed by atoms with van der Waals surface area (Å²) in [4.78, 5) is 43.9. The number of nitrogens with one attached hydrogen (secondary N) is 2. The van der Waals surface area contributed by atoms with Crippen LogP contribution in [0.3, 0.4) is 0 Å². The van der Waals surface area contributed by atoms with Gasteiger partial charge in [-0.2, -0.15) is 0 Å². The lowest BCUT2D eigenvalue weighted by Gasteiger charge is -2.28. The average Bonchev–Trinajstić information content (AvgIpc) is 3.39. The molecular weight excluding hydrogens is 502 g/mol. The molecular formula is C32H43N5O3. The van der Waals surface area contributed by atoms with Crippen LogP contribution in [0.5, 0.6) is 0 Å². The van der Waals surface area contributed by atoms with Gasteiger partial charge in [0.05, 0.1) is 11.4 Å². The Morgan fingerprint density at radius 2 is 1.55 bits per heavy atom. The Hall–Kier alpha value is -3.39. The summed E-state index contributed by atoms with van der Waals surface area (Å²) in [7, 11) is 0. The van der Waals surface area contributed by atoms with Gasteiger partial charge in [0.1, 0.15) is 0 Å². The van der Waals surface area contributed by atoms with Gasteiger partial charge in [0.25, 0.3) is 11.8 Å². The molecule has 0 radical (unpaired) electrons. The van der Waals surface area contributed by atoms with Gasteiger partial charge in [0.15, 0.2) is 0 Å². The molecule has 1 heterocycles. The van der Waals surface area contributed by atoms with E-state index in [1.165, 1.54) is 0 Å². The molecule has 40 heavy (non-hydrogen) atoms. The smallest absolute Gasteiger partial charge is 0.255 e. The molecule has 0 aromatic heterocycles. The van der Waals surface area contributed by atoms with Crippen LogP contribution in [0.4, 0.5) is 11.4 Å². The summed E-state index contributed by atoms with van der Waals surface area (Å²) in [5, 5.41) is 6.26. The van der Waals surface area contributed by atoms with Crippen molar-refractivity contribution >= 4 is 29.1 Å². The highest BCUT2D eigenvalue weighted by atomic mass is 16.2. The quantitative estimate of drug-likeness (QED) is 0.496. The monoisotopic (exact) mass is 545 g/mol. The molecule has 0 unspecified atom stereocenters. The van der Waals surface area contributed by atoms with E-state index in [4.69, 9.17) is 5.73 Å². The van der Waals surface area contributed by atoms with Crippen molar-refractivity contribution in [2.24, 2.45) is 11.7 Å². The molecule has 214 valence electrons. The fourth-order valence-electron chi connectivity index (χ4n) is 6.38. The molecule has 8 heteroatoms. The van der Waals surface area contributed by atoms with Crippen molar-refractivity contribution in [3.8, 4) is 0 Å². The van der Waals surface area contributed by atoms with Crippen LogP contribution in [-0.2, 0) is 4.79 Å². The minimum atomic E-state index is -0.211. The van der Waals surface area contributed by atoms with Gasteiger partial charge in [0.2, 0.25) is 5.91 Å². The topological polar surface area (TPSA) is 108 Å². The van der Waals surface area contributed by atoms with Crippen molar-refractivity contribution in [3.63, 3.8) is 0 Å². The third kappa shape index (κ3) is 6.84. The molecule has 4 N–H and O–H groups in total. The molecule has 5 rings (SSSR count). The Bertz CT molecular complexity index is 1220. The van der Waals surface area contributed by atoms with Crippen molar-refractivity contribution in [3.05, 3.63) is 59.2 Å². The zero-order valence-electron chi connectivity index (χ0n) is 23.7. The Balaban J connectivity index is 1.35. The van der Waals surface area contributed by atoms with E-state index >= 15 is 0 Å². The molecule has 8 nitrogen and oxygen atoms in total. The molecule has 0 atom stereocenters. The Morgan fingerprint density at radius 3 is 2.30 bits per heavy atom. The number of carbonyl (C=O) groups is 3. The van der Waals surface area contributed by atoms with Gasteiger partial charge < -0.3 is 26.2 Å². The van der Waals surface area contributed by atoms with Crippen molar-refractivity contribution in [1.82, 2.24) is 10.2 Å². The fraction of sp³-hybridized carbons (Fsp3) is 0.531. The van der Waals surface area contributed by atoms with E-state index in [2.05, 4.69) is 15.5 Å². The SMILES string of the molecule is Cc1cccc(C(=O)Nc2cc(C(=O)NC3CCC(N)CC3)ccc2N2CCCN(C(=O)C3CCCC3)CC2)c1. The molecule has 1 saturated heterocycles. The molecule has 2 aliphatic carbocycles. The van der Waals surface area contributed by atoms with E-state index in [0.717, 1.165) is 82.1 Å². The minimum absolute atomic E-state index is 0.117. The standard InChI is InChI=1S/C32H43N5O3/c1-22-6-4-9-24(20-22)31(39)35-28-21-25(30(38)34-27-13-11-26(33)12-14-27)10-15-29(28)36-16-5-17-37(19-18-36)32(40)23-7-2-3-8-23/h4,6,9-10,15,20-21,23,26-27H,2-3,5,7-8,11-14,16-19,33H2,1H3,(H,34,38)(H,35,39). The number of rotatable bonds is 6. The van der Waals surface area contributed by atoms with E-state index in [9.17, 15) is 14.4 Å². The van der Waals surface area contributed by atoms with Gasteiger partial charge in [-0.05, 0) is 82.2 Å². The van der Waals surface area contributed by atoms with Gasteiger partial charge in [-0.25, -0.2) is 0 Å². The molecule has 0 spiro atoms. The van der Waals surface area contributed by atoms with Crippen molar-refractivity contribution in [2.45, 2.75) is 76.8 Å². The number of hydrogen-bond donors (Lipinski definition) is 3. The number of hydrogen-bond acceptors (Lipinski definition) is 5. The number of aryl methyl sites for hydroxylation is 1. The van der Waals surface area contributed by atoms with Crippen LogP contribution < -0.4 is 21.3 Å². The number of nitrogens with two attached hydrogens (primary N) is 1. The minimum Gasteiger partial charge on any atom is -0.368 e. The van der Waals surface area contributed by atoms with Crippen LogP contribution in [0.15, 0.2) is 42.5 Å². The number of amides is 3. The van der Waals surface area contributed by atoms with Crippen LogP contribution in [0.25, 0.3) is 0 Å². The van der Waals surface area contributed by atoms with Crippen LogP contribution in [0, 0.1) is 12.8 Å². The summed E-state index contributed by atoms with van der Waals surface area (Å²) < 4.78 is 0. The van der Waals surface area contributed by atoms with E-state index < -0.39 is 0 Å². The summed E-state index contributed by atoms with van der Waals surface area (Å²) >= 11 is 0. The Kier molecular flexibility index (Phi) is 9.04. The lowest BCUT2D eigenvalue weighted by atomic mass is 9.91. The zero-order valence-corrected chi connectivity index (χ0v) is 23.7. The summed E-state index contributed by atoms with van der Waals surface area (Å²) in [6, 6.07) is 13.4. The summed E-state index contributed by atoms with van der Waals surface area (Å²) in [6.07, 6.45) is 8.75. The van der Waals surface area contributed by atoms with Crippen LogP contribution in [-0.4, -0.2) is 60.9 Å². The van der Waals surface area contributed by atoms with E-state index in [-0.39, 0.29) is 29.8 Å². The molecule has 2 aromatic rings. The highest BCUT2D eigenvalue weighted by Crippen LogP contribution is 2.31. The average molecular weight is 546 g/mol. The van der Waals surface area contributed by atoms with Gasteiger partial charge in [-0.3, -0.25) is 14.4 Å². The molecule has 2 saturated carbocycles. The number of nitrogens with zero attached hydrogens (tertiary/aromatic N) is 2. The normalized spacial score (nSPS) is 22.1. The first kappa shape index (κ1) is 28.1. The molecule has 3 amide bonds. The Labute approximate surface area is 237 Å². The molecule has 3 fully saturated rings. The van der Waals surface area contributed by atoms with E-state index in [0.29, 0.717) is 35.8 Å². The second-order valence-corrected chi connectivity index (χ2v) is 11.8. The number of carbonyl (C=O) groups excluding carboxylic acids is 3. The molecule has 0 bridgehead atoms. The molecule has 3 aliphatic rings. The van der Waals surface area contributed by atoms with Gasteiger partial charge in [-0.15, -0.1) is 0 Å². The molecule has 2 aromatic carbocycles. The van der Waals surface area contributed by atoms with Crippen molar-refractivity contribution in [1.29, 1.82) is 0 Å². The third-order valence-corrected chi connectivity index (χ3v) is 8.75. The maximum absolute atomic E-state index is 13.3. The maximum Gasteiger partial charge on any atom is 0.255 e. The largest absolute Gasteiger partial charge is 0.368 e. The summed E-state index contributed by atoms with van der Waals surface area (Å²) in [5.74, 6) is 0.121. The van der Waals surface area contributed by atoms with Crippen LogP contribution in [0.1, 0.15) is 84.1 Å². The fourth-order valence-corrected chi connectivity index (χ4v) is 6.38. The van der Waals surface area contributed by atoms with Gasteiger partial charge >= 0.3 is 0 Å². The highest BCUT2D eigenvalue weighted by molar-refractivity contribution is 6.07. The maximum atomic E-state index is 13.3. The van der Waals surface area contributed by atoms with Crippen LogP contribution in [0.2, 0.25) is 0 Å². The first-order chi connectivity index (χ1) is 19.4. The number of anilines is 2. The van der Waals surface area contributed by atoms with Crippen LogP contribution >= 0.6 is 0 Å². The predicted molar refractivity (Wildman–Crippen MR) is 159 cm³/mol. The van der Waals surface area contributed by atoms with Gasteiger partial charge in [0, 0.05) is 55.3 Å². The first-order valence-electron chi connectivity index (χ1n) is 15.0. The second-order valence-electron chi connectivity index (χ2n) is 11.8. The predicted octanol–water partition coefficient (Wildman–Crippen LogP) is 4.48. The lowest BCUT2D eigenvalue weighted by molar-refractivity contribution is -0.135.